The van der Waals surface area contributed by atoms with Gasteiger partial charge in [-0.1, -0.05) is 65.8 Å². The van der Waals surface area contributed by atoms with Gasteiger partial charge in [-0.2, -0.15) is 5.01 Å². The van der Waals surface area contributed by atoms with Gasteiger partial charge in [0.05, 0.1) is 37.0 Å². The first-order chi connectivity index (χ1) is 26.3. The lowest BCUT2D eigenvalue weighted by atomic mass is 9.98. The maximum absolute atomic E-state index is 14.5. The lowest BCUT2D eigenvalue weighted by Crippen LogP contribution is -2.76. The number of pyridine rings is 2. The minimum absolute atomic E-state index is 0.0176. The molecule has 4 amide bonds. The van der Waals surface area contributed by atoms with Crippen LogP contribution in [0, 0.1) is 5.82 Å². The van der Waals surface area contributed by atoms with Crippen LogP contribution in [0.2, 0.25) is 0 Å². The summed E-state index contributed by atoms with van der Waals surface area (Å²) in [5.74, 6) is -0.686. The van der Waals surface area contributed by atoms with Crippen LogP contribution in [0.1, 0.15) is 22.5 Å². The monoisotopic (exact) mass is 726 g/mol. The molecule has 6 aromatic rings. The quantitative estimate of drug-likeness (QED) is 0.213. The Morgan fingerprint density at radius 2 is 1.72 bits per heavy atom. The lowest BCUT2D eigenvalue weighted by Gasteiger charge is -2.55. The summed E-state index contributed by atoms with van der Waals surface area (Å²) in [7, 11) is 0. The van der Waals surface area contributed by atoms with Gasteiger partial charge in [0.1, 0.15) is 29.5 Å². The summed E-state index contributed by atoms with van der Waals surface area (Å²) < 4.78 is 19.2. The van der Waals surface area contributed by atoms with E-state index in [0.717, 1.165) is 33.8 Å². The minimum Gasteiger partial charge on any atom is -0.508 e. The molecule has 272 valence electrons. The minimum atomic E-state index is -0.957. The highest BCUT2D eigenvalue weighted by Gasteiger charge is 2.51. The fraction of sp³-hybridized carbons (Fsp3) is 0.200. The van der Waals surface area contributed by atoms with Crippen molar-refractivity contribution in [3.63, 3.8) is 0 Å². The first-order valence-electron chi connectivity index (χ1n) is 17.4. The zero-order valence-electron chi connectivity index (χ0n) is 29.0. The van der Waals surface area contributed by atoms with E-state index in [0.29, 0.717) is 17.1 Å². The third kappa shape index (κ3) is 7.06. The molecule has 0 unspecified atom stereocenters. The van der Waals surface area contributed by atoms with E-state index in [2.05, 4.69) is 20.4 Å². The van der Waals surface area contributed by atoms with Crippen LogP contribution in [0.4, 0.5) is 9.18 Å². The van der Waals surface area contributed by atoms with Crippen molar-refractivity contribution in [2.45, 2.75) is 38.3 Å². The summed E-state index contributed by atoms with van der Waals surface area (Å²) in [5.41, 5.74) is 4.03. The van der Waals surface area contributed by atoms with Crippen molar-refractivity contribution >= 4 is 28.7 Å². The van der Waals surface area contributed by atoms with Gasteiger partial charge in [0, 0.05) is 37.2 Å². The van der Waals surface area contributed by atoms with Crippen LogP contribution in [-0.2, 0) is 35.6 Å². The fourth-order valence-corrected chi connectivity index (χ4v) is 7.11. The molecule has 0 bridgehead atoms. The smallest absolute Gasteiger partial charge is 0.334 e. The number of hydrogen-bond donors (Lipinski definition) is 2. The highest BCUT2D eigenvalue weighted by Crippen LogP contribution is 2.32. The van der Waals surface area contributed by atoms with Crippen LogP contribution < -0.4 is 5.32 Å². The van der Waals surface area contributed by atoms with Gasteiger partial charge in [0.25, 0.3) is 0 Å². The Kier molecular flexibility index (Phi) is 9.40. The van der Waals surface area contributed by atoms with E-state index >= 15 is 0 Å². The molecule has 0 saturated carbocycles. The van der Waals surface area contributed by atoms with Gasteiger partial charge in [-0.3, -0.25) is 19.6 Å². The molecule has 54 heavy (non-hydrogen) atoms. The van der Waals surface area contributed by atoms with Gasteiger partial charge in [0.15, 0.2) is 5.76 Å². The van der Waals surface area contributed by atoms with Crippen molar-refractivity contribution in [2.75, 3.05) is 13.1 Å². The van der Waals surface area contributed by atoms with E-state index in [1.165, 1.54) is 34.2 Å². The Labute approximate surface area is 309 Å². The molecule has 2 aliphatic heterocycles. The third-order valence-electron chi connectivity index (χ3n) is 9.67. The number of benzene rings is 3. The molecule has 8 rings (SSSR count). The number of piperazine rings is 1. The summed E-state index contributed by atoms with van der Waals surface area (Å²) in [6.45, 7) is 0.185. The second-order valence-electron chi connectivity index (χ2n) is 13.2. The number of phenols is 1. The molecule has 2 saturated heterocycles. The Hall–Kier alpha value is -6.67. The summed E-state index contributed by atoms with van der Waals surface area (Å²) >= 11 is 0. The normalized spacial score (nSPS) is 17.5. The van der Waals surface area contributed by atoms with E-state index < -0.39 is 24.1 Å². The first-order valence-corrected chi connectivity index (χ1v) is 17.4. The second-order valence-corrected chi connectivity index (χ2v) is 13.2. The summed E-state index contributed by atoms with van der Waals surface area (Å²) in [5, 5.41) is 21.1. The number of amides is 4. The molecule has 5 heterocycles. The number of phenolic OH excluding ortho intramolecular Hbond substituents is 1. The standard InChI is InChI=1S/C40H35FN8O5/c41-29-13-16-34(43-21-29)35-19-31(54-45-35)23-47-25-38(51)48-36(18-26-11-14-30(50)15-12-26)39(52)46(22-28-8-4-10-33-32(28)9-5-17-42-33)24-37(48)49(47)40(53)44-20-27-6-2-1-3-7-27/h1-17,19,21,36-37,50H,18,20,22-25H2,(H,44,53)/t36-,37-/m0/s1. The van der Waals surface area contributed by atoms with E-state index in [1.54, 1.807) is 34.3 Å². The van der Waals surface area contributed by atoms with Gasteiger partial charge >= 0.3 is 6.03 Å². The Morgan fingerprint density at radius 1 is 0.889 bits per heavy atom. The molecule has 3 aromatic heterocycles. The summed E-state index contributed by atoms with van der Waals surface area (Å²) in [4.78, 5) is 55.0. The maximum atomic E-state index is 14.5. The van der Waals surface area contributed by atoms with E-state index in [9.17, 15) is 23.9 Å². The van der Waals surface area contributed by atoms with Crippen LogP contribution in [0.5, 0.6) is 5.75 Å². The molecular weight excluding hydrogens is 691 g/mol. The largest absolute Gasteiger partial charge is 0.508 e. The molecule has 13 nitrogen and oxygen atoms in total. The number of rotatable bonds is 9. The molecule has 0 radical (unpaired) electrons. The molecule has 0 aliphatic carbocycles. The van der Waals surface area contributed by atoms with Crippen molar-refractivity contribution in [3.8, 4) is 17.1 Å². The number of carbonyl (C=O) groups excluding carboxylic acids is 3. The highest BCUT2D eigenvalue weighted by molar-refractivity contribution is 5.92. The molecule has 2 atom stereocenters. The van der Waals surface area contributed by atoms with Crippen LogP contribution >= 0.6 is 0 Å². The number of aromatic nitrogens is 3. The number of nitrogens with zero attached hydrogens (tertiary/aromatic N) is 7. The van der Waals surface area contributed by atoms with Gasteiger partial charge in [0.2, 0.25) is 11.8 Å². The third-order valence-corrected chi connectivity index (χ3v) is 9.67. The highest BCUT2D eigenvalue weighted by atomic mass is 19.1. The molecule has 2 aliphatic rings. The van der Waals surface area contributed by atoms with E-state index in [1.807, 2.05) is 60.7 Å². The van der Waals surface area contributed by atoms with Crippen molar-refractivity contribution in [1.29, 1.82) is 0 Å². The van der Waals surface area contributed by atoms with Gasteiger partial charge in [-0.05, 0) is 53.1 Å². The maximum Gasteiger partial charge on any atom is 0.334 e. The van der Waals surface area contributed by atoms with Crippen molar-refractivity contribution < 1.29 is 28.4 Å². The van der Waals surface area contributed by atoms with Gasteiger partial charge in [-0.25, -0.2) is 14.2 Å². The number of hydrazine groups is 1. The summed E-state index contributed by atoms with van der Waals surface area (Å²) in [6.07, 6.45) is 2.05. The van der Waals surface area contributed by atoms with Crippen LogP contribution in [-0.4, -0.2) is 83.2 Å². The average Bonchev–Trinajstić information content (AvgIpc) is 3.65. The molecule has 14 heteroatoms. The number of carbonyl (C=O) groups is 3. The molecule has 2 fully saturated rings. The van der Waals surface area contributed by atoms with Crippen molar-refractivity contribution in [3.05, 3.63) is 144 Å². The fourth-order valence-electron chi connectivity index (χ4n) is 7.11. The van der Waals surface area contributed by atoms with E-state index in [-0.39, 0.29) is 56.7 Å². The Morgan fingerprint density at radius 3 is 2.52 bits per heavy atom. The van der Waals surface area contributed by atoms with Gasteiger partial charge < -0.3 is 24.7 Å². The van der Waals surface area contributed by atoms with Crippen LogP contribution in [0.15, 0.2) is 120 Å². The zero-order chi connectivity index (χ0) is 37.2. The number of urea groups is 1. The van der Waals surface area contributed by atoms with Crippen LogP contribution in [0.3, 0.4) is 0 Å². The molecule has 2 N–H and O–H groups in total. The number of aromatic hydroxyl groups is 1. The summed E-state index contributed by atoms with van der Waals surface area (Å²) in [6, 6.07) is 28.5. The van der Waals surface area contributed by atoms with Crippen molar-refractivity contribution in [1.82, 2.24) is 40.3 Å². The molecular formula is C40H35FN8O5. The predicted octanol–water partition coefficient (Wildman–Crippen LogP) is 4.88. The number of hydrogen-bond acceptors (Lipinski definition) is 9. The molecule has 0 spiro atoms. The number of halogens is 1. The number of fused-ring (bicyclic) bond motifs is 2. The van der Waals surface area contributed by atoms with Crippen molar-refractivity contribution in [2.24, 2.45) is 0 Å². The topological polar surface area (TPSA) is 148 Å². The zero-order valence-corrected chi connectivity index (χ0v) is 29.0. The average molecular weight is 727 g/mol. The first kappa shape index (κ1) is 34.4. The lowest BCUT2D eigenvalue weighted by molar-refractivity contribution is -0.193. The van der Waals surface area contributed by atoms with E-state index in [4.69, 9.17) is 4.52 Å². The predicted molar refractivity (Wildman–Crippen MR) is 194 cm³/mol. The number of nitrogens with one attached hydrogen (secondary N) is 1. The second kappa shape index (κ2) is 14.8. The SMILES string of the molecule is O=C1[C@H](Cc2ccc(O)cc2)N2C(=O)CN(Cc3cc(-c4ccc(F)cn4)no3)N(C(=O)NCc3ccccc3)[C@H]2CN1Cc1cccc2ncccc12. The van der Waals surface area contributed by atoms with Crippen LogP contribution in [0.25, 0.3) is 22.3 Å². The Balaban J connectivity index is 1.16. The Bertz CT molecular complexity index is 2300. The van der Waals surface area contributed by atoms with Gasteiger partial charge in [-0.15, -0.1) is 0 Å². The molecule has 3 aromatic carbocycles.